The summed E-state index contributed by atoms with van der Waals surface area (Å²) in [7, 11) is 5.51. The fourth-order valence-electron chi connectivity index (χ4n) is 4.12. The molecule has 0 radical (unpaired) electrons. The Morgan fingerprint density at radius 3 is 2.68 bits per heavy atom. The van der Waals surface area contributed by atoms with Gasteiger partial charge in [0.05, 0.1) is 24.8 Å². The van der Waals surface area contributed by atoms with Crippen molar-refractivity contribution in [3.8, 4) is 0 Å². The van der Waals surface area contributed by atoms with Crippen LogP contribution in [0.2, 0.25) is 0 Å². The lowest BCUT2D eigenvalue weighted by Crippen LogP contribution is -2.50. The number of morpholine rings is 1. The van der Waals surface area contributed by atoms with Crippen LogP contribution in [0.15, 0.2) is 18.3 Å². The largest absolute Gasteiger partial charge is 0.377 e. The number of nitrogens with zero attached hydrogens (tertiary/aromatic N) is 4. The average Bonchev–Trinajstić information content (AvgIpc) is 2.73. The second-order valence-electron chi connectivity index (χ2n) is 8.00. The lowest BCUT2D eigenvalue weighted by Gasteiger charge is -2.37. The third kappa shape index (κ3) is 4.63. The molecule has 2 aliphatic rings. The summed E-state index contributed by atoms with van der Waals surface area (Å²) in [4.78, 5) is 35.7. The maximum atomic E-state index is 13.4. The van der Waals surface area contributed by atoms with E-state index in [1.165, 1.54) is 19.3 Å². The highest BCUT2D eigenvalue weighted by Gasteiger charge is 2.32. The molecule has 3 rings (SSSR count). The van der Waals surface area contributed by atoms with Crippen LogP contribution in [0, 0.1) is 0 Å². The summed E-state index contributed by atoms with van der Waals surface area (Å²) in [6.45, 7) is 1.37. The Kier molecular flexibility index (Phi) is 6.88. The Hall–Kier alpha value is -2.15. The van der Waals surface area contributed by atoms with Gasteiger partial charge in [0.2, 0.25) is 5.91 Å². The van der Waals surface area contributed by atoms with Gasteiger partial charge in [-0.25, -0.2) is 4.98 Å². The van der Waals surface area contributed by atoms with E-state index in [1.807, 2.05) is 19.2 Å². The Balaban J connectivity index is 1.81. The number of amides is 2. The van der Waals surface area contributed by atoms with Crippen molar-refractivity contribution in [3.63, 3.8) is 0 Å². The average molecular weight is 389 g/mol. The number of anilines is 1. The highest BCUT2D eigenvalue weighted by Crippen LogP contribution is 2.28. The summed E-state index contributed by atoms with van der Waals surface area (Å²) in [5, 5.41) is 0. The molecule has 1 unspecified atom stereocenters. The number of pyridine rings is 1. The van der Waals surface area contributed by atoms with Crippen molar-refractivity contribution in [2.45, 2.75) is 50.6 Å². The van der Waals surface area contributed by atoms with Crippen LogP contribution >= 0.6 is 0 Å². The lowest BCUT2D eigenvalue weighted by atomic mass is 9.94. The second kappa shape index (κ2) is 9.37. The first-order chi connectivity index (χ1) is 13.5. The van der Waals surface area contributed by atoms with E-state index < -0.39 is 0 Å². The van der Waals surface area contributed by atoms with Gasteiger partial charge in [-0.3, -0.25) is 9.59 Å². The fraction of sp³-hybridized carbons (Fsp3) is 0.667. The van der Waals surface area contributed by atoms with Gasteiger partial charge in [-0.15, -0.1) is 0 Å². The van der Waals surface area contributed by atoms with Crippen LogP contribution in [0.5, 0.6) is 0 Å². The number of rotatable bonds is 5. The molecule has 2 fully saturated rings. The summed E-state index contributed by atoms with van der Waals surface area (Å²) >= 11 is 0. The van der Waals surface area contributed by atoms with Gasteiger partial charge in [0, 0.05) is 46.3 Å². The van der Waals surface area contributed by atoms with Crippen molar-refractivity contribution in [1.82, 2.24) is 14.8 Å². The normalized spacial score (nSPS) is 20.7. The molecule has 28 heavy (non-hydrogen) atoms. The molecule has 1 atom stereocenters. The van der Waals surface area contributed by atoms with Crippen molar-refractivity contribution in [2.75, 3.05) is 45.8 Å². The molecule has 0 N–H and O–H groups in total. The van der Waals surface area contributed by atoms with Gasteiger partial charge in [0.25, 0.3) is 5.91 Å². The second-order valence-corrected chi connectivity index (χ2v) is 8.00. The van der Waals surface area contributed by atoms with E-state index in [0.717, 1.165) is 18.7 Å². The first kappa shape index (κ1) is 20.6. The monoisotopic (exact) mass is 388 g/mol. The van der Waals surface area contributed by atoms with Crippen molar-refractivity contribution < 1.29 is 14.3 Å². The summed E-state index contributed by atoms with van der Waals surface area (Å²) < 4.78 is 5.56. The summed E-state index contributed by atoms with van der Waals surface area (Å²) in [6, 6.07) is 3.84. The van der Waals surface area contributed by atoms with E-state index in [-0.39, 0.29) is 24.3 Å². The smallest absolute Gasteiger partial charge is 0.258 e. The van der Waals surface area contributed by atoms with Gasteiger partial charge < -0.3 is 19.4 Å². The number of ether oxygens (including phenoxy) is 1. The van der Waals surface area contributed by atoms with E-state index in [4.69, 9.17) is 4.74 Å². The quantitative estimate of drug-likeness (QED) is 0.773. The van der Waals surface area contributed by atoms with Gasteiger partial charge in [0.15, 0.2) is 0 Å². The Labute approximate surface area is 167 Å². The third-order valence-corrected chi connectivity index (χ3v) is 5.87. The minimum atomic E-state index is -0.246. The molecule has 0 bridgehead atoms. The Morgan fingerprint density at radius 2 is 1.96 bits per heavy atom. The molecule has 1 aliphatic heterocycles. The van der Waals surface area contributed by atoms with Crippen LogP contribution in [0.3, 0.4) is 0 Å². The number of hydrogen-bond acceptors (Lipinski definition) is 5. The van der Waals surface area contributed by atoms with Gasteiger partial charge in [-0.1, -0.05) is 19.3 Å². The van der Waals surface area contributed by atoms with Gasteiger partial charge in [-0.2, -0.15) is 0 Å². The molecule has 1 saturated heterocycles. The van der Waals surface area contributed by atoms with Crippen molar-refractivity contribution in [2.24, 2.45) is 0 Å². The molecule has 154 valence electrons. The zero-order valence-electron chi connectivity index (χ0n) is 17.3. The Bertz CT molecular complexity index is 688. The number of carbonyl (C=O) groups is 2. The topological polar surface area (TPSA) is 66.0 Å². The fourth-order valence-corrected chi connectivity index (χ4v) is 4.12. The minimum Gasteiger partial charge on any atom is -0.377 e. The molecule has 1 aliphatic carbocycles. The molecule has 7 nitrogen and oxygen atoms in total. The van der Waals surface area contributed by atoms with Crippen LogP contribution in [-0.2, 0) is 9.53 Å². The first-order valence-electron chi connectivity index (χ1n) is 10.3. The zero-order chi connectivity index (χ0) is 20.1. The molecule has 2 amide bonds. The number of carbonyl (C=O) groups excluding carboxylic acids is 2. The van der Waals surface area contributed by atoms with E-state index in [2.05, 4.69) is 9.88 Å². The van der Waals surface area contributed by atoms with Gasteiger partial charge >= 0.3 is 0 Å². The molecule has 1 aromatic rings. The van der Waals surface area contributed by atoms with Crippen LogP contribution in [-0.4, -0.2) is 79.6 Å². The standard InChI is InChI=1S/C21H32N4O3/c1-23(2)19(26)14-17-15-28-13-12-25(17)21(27)18-10-7-11-22-20(18)24(3)16-8-5-4-6-9-16/h7,10-11,16-17H,4-6,8-9,12-15H2,1-3H3. The first-order valence-corrected chi connectivity index (χ1v) is 10.3. The van der Waals surface area contributed by atoms with Crippen LogP contribution in [0.25, 0.3) is 0 Å². The summed E-state index contributed by atoms with van der Waals surface area (Å²) in [6.07, 6.45) is 8.03. The lowest BCUT2D eigenvalue weighted by molar-refractivity contribution is -0.131. The van der Waals surface area contributed by atoms with Crippen molar-refractivity contribution >= 4 is 17.6 Å². The van der Waals surface area contributed by atoms with Gasteiger partial charge in [-0.05, 0) is 25.0 Å². The molecular weight excluding hydrogens is 356 g/mol. The number of aromatic nitrogens is 1. The highest BCUT2D eigenvalue weighted by molar-refractivity contribution is 5.99. The molecule has 0 spiro atoms. The minimum absolute atomic E-state index is 0.000895. The summed E-state index contributed by atoms with van der Waals surface area (Å²) in [5.74, 6) is 0.674. The molecule has 1 saturated carbocycles. The predicted octanol–water partition coefficient (Wildman–Crippen LogP) is 2.17. The third-order valence-electron chi connectivity index (χ3n) is 5.87. The maximum absolute atomic E-state index is 13.4. The van der Waals surface area contributed by atoms with Crippen molar-refractivity contribution in [1.29, 1.82) is 0 Å². The SMILES string of the molecule is CN(C)C(=O)CC1COCCN1C(=O)c1cccnc1N(C)C1CCCCC1. The van der Waals surface area contributed by atoms with Crippen LogP contribution < -0.4 is 4.90 Å². The number of hydrogen-bond donors (Lipinski definition) is 0. The van der Waals surface area contributed by atoms with E-state index >= 15 is 0 Å². The predicted molar refractivity (Wildman–Crippen MR) is 108 cm³/mol. The Morgan fingerprint density at radius 1 is 1.21 bits per heavy atom. The van der Waals surface area contributed by atoms with Crippen molar-refractivity contribution in [3.05, 3.63) is 23.9 Å². The molecule has 0 aromatic carbocycles. The summed E-state index contributed by atoms with van der Waals surface area (Å²) in [5.41, 5.74) is 0.611. The highest BCUT2D eigenvalue weighted by atomic mass is 16.5. The molecule has 7 heteroatoms. The van der Waals surface area contributed by atoms with E-state index in [0.29, 0.717) is 31.4 Å². The van der Waals surface area contributed by atoms with E-state index in [9.17, 15) is 9.59 Å². The van der Waals surface area contributed by atoms with Crippen LogP contribution in [0.4, 0.5) is 5.82 Å². The maximum Gasteiger partial charge on any atom is 0.258 e. The van der Waals surface area contributed by atoms with Crippen LogP contribution in [0.1, 0.15) is 48.9 Å². The molecule has 2 heterocycles. The molecular formula is C21H32N4O3. The zero-order valence-corrected chi connectivity index (χ0v) is 17.3. The molecule has 1 aromatic heterocycles. The van der Waals surface area contributed by atoms with Gasteiger partial charge in [0.1, 0.15) is 5.82 Å². The van der Waals surface area contributed by atoms with E-state index in [1.54, 1.807) is 30.1 Å².